The molecule has 0 saturated carbocycles. The third-order valence-corrected chi connectivity index (χ3v) is 7.01. The number of piperidine rings is 2. The van der Waals surface area contributed by atoms with Crippen LogP contribution in [0.15, 0.2) is 24.3 Å². The minimum absolute atomic E-state index is 0.0127. The van der Waals surface area contributed by atoms with Crippen LogP contribution in [0.25, 0.3) is 0 Å². The predicted octanol–water partition coefficient (Wildman–Crippen LogP) is 0.942. The molecule has 36 heavy (non-hydrogen) atoms. The molecule has 10 heteroatoms. The average molecular weight is 503 g/mol. The number of carbonyl (C=O) groups excluding carboxylic acids is 3. The third kappa shape index (κ3) is 8.51. The summed E-state index contributed by atoms with van der Waals surface area (Å²) in [6.45, 7) is 2.78. The van der Waals surface area contributed by atoms with Crippen LogP contribution in [0.1, 0.15) is 44.1 Å². The van der Waals surface area contributed by atoms with Crippen LogP contribution in [0, 0.1) is 11.8 Å². The lowest BCUT2D eigenvalue weighted by Crippen LogP contribution is -2.51. The molecule has 0 spiro atoms. The minimum Gasteiger partial charge on any atom is -0.497 e. The van der Waals surface area contributed by atoms with Crippen molar-refractivity contribution in [3.63, 3.8) is 0 Å². The fourth-order valence-electron chi connectivity index (χ4n) is 4.79. The molecule has 198 valence electrons. The maximum Gasteiger partial charge on any atom is 0.328 e. The Hall–Kier alpha value is -3.14. The number of aliphatic carboxylic acids is 1. The van der Waals surface area contributed by atoms with E-state index in [4.69, 9.17) is 4.74 Å². The lowest BCUT2D eigenvalue weighted by molar-refractivity contribution is -0.141. The SMILES string of the molecule is COc1ccc(CC(=O)NC(CNC(=O)[C@@H]2CCCN(C(=O)CCC3CCNCC3)C2)C(=O)O)cc1. The van der Waals surface area contributed by atoms with Gasteiger partial charge in [-0.2, -0.15) is 0 Å². The van der Waals surface area contributed by atoms with Crippen molar-refractivity contribution in [3.8, 4) is 5.75 Å². The summed E-state index contributed by atoms with van der Waals surface area (Å²) in [6, 6.07) is 5.68. The number of benzene rings is 1. The number of methoxy groups -OCH3 is 1. The van der Waals surface area contributed by atoms with Crippen LogP contribution in [-0.2, 0) is 25.6 Å². The van der Waals surface area contributed by atoms with Gasteiger partial charge in [-0.1, -0.05) is 12.1 Å². The van der Waals surface area contributed by atoms with Gasteiger partial charge < -0.3 is 30.7 Å². The number of hydrogen-bond donors (Lipinski definition) is 4. The molecule has 0 bridgehead atoms. The zero-order chi connectivity index (χ0) is 25.9. The van der Waals surface area contributed by atoms with Gasteiger partial charge in [0.2, 0.25) is 17.7 Å². The van der Waals surface area contributed by atoms with Gasteiger partial charge in [0.1, 0.15) is 11.8 Å². The number of hydrogen-bond acceptors (Lipinski definition) is 6. The van der Waals surface area contributed by atoms with Crippen molar-refractivity contribution in [1.29, 1.82) is 0 Å². The number of amides is 3. The van der Waals surface area contributed by atoms with E-state index in [0.717, 1.165) is 38.8 Å². The molecule has 1 aromatic carbocycles. The molecule has 10 nitrogen and oxygen atoms in total. The average Bonchev–Trinajstić information content (AvgIpc) is 2.90. The van der Waals surface area contributed by atoms with Crippen molar-refractivity contribution in [1.82, 2.24) is 20.9 Å². The largest absolute Gasteiger partial charge is 0.497 e. The molecule has 4 N–H and O–H groups in total. The first kappa shape index (κ1) is 27.4. The van der Waals surface area contributed by atoms with Crippen LogP contribution in [-0.4, -0.2) is 79.6 Å². The fourth-order valence-corrected chi connectivity index (χ4v) is 4.79. The van der Waals surface area contributed by atoms with Crippen LogP contribution in [0.4, 0.5) is 0 Å². The van der Waals surface area contributed by atoms with Crippen LogP contribution in [0.5, 0.6) is 5.75 Å². The number of nitrogens with one attached hydrogen (secondary N) is 3. The van der Waals surface area contributed by atoms with Gasteiger partial charge in [-0.05, 0) is 68.8 Å². The molecule has 2 fully saturated rings. The Bertz CT molecular complexity index is 900. The first-order valence-electron chi connectivity index (χ1n) is 12.8. The summed E-state index contributed by atoms with van der Waals surface area (Å²) < 4.78 is 5.09. The molecular weight excluding hydrogens is 464 g/mol. The summed E-state index contributed by atoms with van der Waals surface area (Å²) in [5, 5.41) is 18.0. The lowest BCUT2D eigenvalue weighted by Gasteiger charge is -2.33. The Balaban J connectivity index is 1.43. The minimum atomic E-state index is -1.24. The molecule has 2 heterocycles. The van der Waals surface area contributed by atoms with Crippen molar-refractivity contribution >= 4 is 23.7 Å². The smallest absolute Gasteiger partial charge is 0.328 e. The molecule has 2 aliphatic heterocycles. The fraction of sp³-hybridized carbons (Fsp3) is 0.615. The highest BCUT2D eigenvalue weighted by Gasteiger charge is 2.30. The van der Waals surface area contributed by atoms with E-state index >= 15 is 0 Å². The number of carbonyl (C=O) groups is 4. The highest BCUT2D eigenvalue weighted by Crippen LogP contribution is 2.21. The molecule has 2 atom stereocenters. The van der Waals surface area contributed by atoms with E-state index < -0.39 is 17.9 Å². The normalized spacial score (nSPS) is 19.2. The van der Waals surface area contributed by atoms with Crippen molar-refractivity contribution in [2.75, 3.05) is 39.8 Å². The second kappa shape index (κ2) is 13.8. The number of carboxylic acids is 1. The van der Waals surface area contributed by atoms with Crippen molar-refractivity contribution < 1.29 is 29.0 Å². The first-order chi connectivity index (χ1) is 17.4. The van der Waals surface area contributed by atoms with E-state index in [2.05, 4.69) is 16.0 Å². The van der Waals surface area contributed by atoms with Gasteiger partial charge in [0.25, 0.3) is 0 Å². The molecule has 0 aliphatic carbocycles. The highest BCUT2D eigenvalue weighted by molar-refractivity contribution is 5.86. The van der Waals surface area contributed by atoms with E-state index in [0.29, 0.717) is 43.2 Å². The number of likely N-dealkylation sites (tertiary alicyclic amines) is 1. The van der Waals surface area contributed by atoms with Gasteiger partial charge in [-0.3, -0.25) is 14.4 Å². The molecule has 1 aromatic rings. The van der Waals surface area contributed by atoms with Gasteiger partial charge in [0.15, 0.2) is 0 Å². The zero-order valence-corrected chi connectivity index (χ0v) is 21.0. The van der Waals surface area contributed by atoms with Crippen LogP contribution < -0.4 is 20.7 Å². The van der Waals surface area contributed by atoms with Gasteiger partial charge in [-0.15, -0.1) is 0 Å². The summed E-state index contributed by atoms with van der Waals surface area (Å²) >= 11 is 0. The van der Waals surface area contributed by atoms with E-state index in [1.165, 1.54) is 0 Å². The van der Waals surface area contributed by atoms with E-state index in [-0.39, 0.29) is 30.7 Å². The zero-order valence-electron chi connectivity index (χ0n) is 21.0. The van der Waals surface area contributed by atoms with Gasteiger partial charge in [-0.25, -0.2) is 4.79 Å². The standard InChI is InChI=1S/C26H38N4O6/c1-36-21-7-4-19(5-8-21)15-23(31)29-22(26(34)35)16-28-25(33)20-3-2-14-30(17-20)24(32)9-6-18-10-12-27-13-11-18/h4-5,7-8,18,20,22,27H,2-3,6,9-17H2,1H3,(H,28,33)(H,29,31)(H,34,35)/t20-,22?/m1/s1. The second-order valence-electron chi connectivity index (χ2n) is 9.64. The van der Waals surface area contributed by atoms with E-state index in [1.54, 1.807) is 36.3 Å². The maximum atomic E-state index is 12.8. The van der Waals surface area contributed by atoms with Crippen LogP contribution >= 0.6 is 0 Å². The molecule has 3 amide bonds. The number of carboxylic acid groups (broad SMARTS) is 1. The molecule has 2 aliphatic rings. The molecule has 0 radical (unpaired) electrons. The summed E-state index contributed by atoms with van der Waals surface area (Å²) in [5.74, 6) is -1.03. The molecular formula is C26H38N4O6. The predicted molar refractivity (Wildman–Crippen MR) is 133 cm³/mol. The van der Waals surface area contributed by atoms with E-state index in [9.17, 15) is 24.3 Å². The lowest BCUT2D eigenvalue weighted by atomic mass is 9.92. The monoisotopic (exact) mass is 502 g/mol. The maximum absolute atomic E-state index is 12.8. The van der Waals surface area contributed by atoms with E-state index in [1.807, 2.05) is 0 Å². The number of rotatable bonds is 11. The quantitative estimate of drug-likeness (QED) is 0.353. The molecule has 1 unspecified atom stereocenters. The number of ether oxygens (including phenoxy) is 1. The Kier molecular flexibility index (Phi) is 10.5. The van der Waals surface area contributed by atoms with Crippen LogP contribution in [0.2, 0.25) is 0 Å². The third-order valence-electron chi connectivity index (χ3n) is 7.01. The summed E-state index contributed by atoms with van der Waals surface area (Å²) in [4.78, 5) is 51.3. The molecule has 3 rings (SSSR count). The first-order valence-corrected chi connectivity index (χ1v) is 12.8. The molecule has 2 saturated heterocycles. The van der Waals surface area contributed by atoms with Gasteiger partial charge in [0, 0.05) is 26.1 Å². The Morgan fingerprint density at radius 1 is 1.14 bits per heavy atom. The molecule has 0 aromatic heterocycles. The summed E-state index contributed by atoms with van der Waals surface area (Å²) in [5.41, 5.74) is 0.716. The second-order valence-corrected chi connectivity index (χ2v) is 9.64. The highest BCUT2D eigenvalue weighted by atomic mass is 16.5. The summed E-state index contributed by atoms with van der Waals surface area (Å²) in [6.07, 6.45) is 4.96. The number of nitrogens with zero attached hydrogens (tertiary/aromatic N) is 1. The van der Waals surface area contributed by atoms with Gasteiger partial charge >= 0.3 is 5.97 Å². The van der Waals surface area contributed by atoms with Crippen LogP contribution in [0.3, 0.4) is 0 Å². The Labute approximate surface area is 212 Å². The summed E-state index contributed by atoms with van der Waals surface area (Å²) in [7, 11) is 1.55. The van der Waals surface area contributed by atoms with Crippen molar-refractivity contribution in [2.24, 2.45) is 11.8 Å². The Morgan fingerprint density at radius 3 is 2.53 bits per heavy atom. The topological polar surface area (TPSA) is 137 Å². The van der Waals surface area contributed by atoms with Crippen molar-refractivity contribution in [3.05, 3.63) is 29.8 Å². The van der Waals surface area contributed by atoms with Crippen molar-refractivity contribution in [2.45, 2.75) is 51.0 Å². The van der Waals surface area contributed by atoms with Gasteiger partial charge in [0.05, 0.1) is 19.4 Å². The Morgan fingerprint density at radius 2 is 1.86 bits per heavy atom.